The molecule has 0 aliphatic rings. The third-order valence-corrected chi connectivity index (χ3v) is 4.68. The fourth-order valence-electron chi connectivity index (χ4n) is 3.25. The number of ether oxygens (including phenoxy) is 2. The maximum absolute atomic E-state index is 13.2. The van der Waals surface area contributed by atoms with E-state index >= 15 is 0 Å². The molecule has 0 spiro atoms. The van der Waals surface area contributed by atoms with Gasteiger partial charge in [0.2, 0.25) is 11.7 Å². The Bertz CT molecular complexity index is 858. The summed E-state index contributed by atoms with van der Waals surface area (Å²) in [5, 5.41) is 3.59. The Hall–Kier alpha value is -2.50. The molecule has 1 heterocycles. The number of pyridine rings is 1. The molecular weight excluding hydrogens is 356 g/mol. The van der Waals surface area contributed by atoms with Gasteiger partial charge in [0.25, 0.3) is 5.56 Å². The molecule has 0 saturated carbocycles. The Labute approximate surface area is 166 Å². The lowest BCUT2D eigenvalue weighted by molar-refractivity contribution is -0.114. The van der Waals surface area contributed by atoms with E-state index in [1.165, 1.54) is 6.92 Å². The number of aromatic nitrogens is 1. The topological polar surface area (TPSA) is 69.6 Å². The van der Waals surface area contributed by atoms with Crippen LogP contribution in [0.3, 0.4) is 0 Å². The molecule has 6 heteroatoms. The molecule has 1 aromatic carbocycles. The van der Waals surface area contributed by atoms with Crippen LogP contribution < -0.4 is 20.3 Å². The predicted molar refractivity (Wildman–Crippen MR) is 114 cm³/mol. The average molecular weight is 389 g/mol. The molecule has 0 fully saturated rings. The van der Waals surface area contributed by atoms with Crippen LogP contribution in [0.5, 0.6) is 11.5 Å². The van der Waals surface area contributed by atoms with Crippen molar-refractivity contribution in [2.24, 2.45) is 0 Å². The van der Waals surface area contributed by atoms with Crippen molar-refractivity contribution in [1.82, 2.24) is 4.57 Å². The third-order valence-electron chi connectivity index (χ3n) is 4.68. The van der Waals surface area contributed by atoms with E-state index in [1.54, 1.807) is 11.7 Å². The van der Waals surface area contributed by atoms with Crippen LogP contribution in [0.2, 0.25) is 0 Å². The molecule has 1 aromatic heterocycles. The minimum atomic E-state index is -0.183. The largest absolute Gasteiger partial charge is 0.492 e. The molecule has 154 valence electrons. The van der Waals surface area contributed by atoms with Crippen molar-refractivity contribution in [3.63, 3.8) is 0 Å². The minimum Gasteiger partial charge on any atom is -0.492 e. The molecule has 1 N–H and O–H groups in total. The third kappa shape index (κ3) is 5.27. The molecule has 28 heavy (non-hydrogen) atoms. The van der Waals surface area contributed by atoms with Gasteiger partial charge < -0.3 is 19.4 Å². The Morgan fingerprint density at radius 3 is 2.46 bits per heavy atom. The van der Waals surface area contributed by atoms with Crippen LogP contribution in [0.15, 0.2) is 23.0 Å². The lowest BCUT2D eigenvalue weighted by atomic mass is 10.1. The molecule has 0 bridgehead atoms. The first-order valence-corrected chi connectivity index (χ1v) is 10.2. The van der Waals surface area contributed by atoms with Crippen LogP contribution >= 0.6 is 0 Å². The monoisotopic (exact) mass is 388 g/mol. The molecule has 0 saturated heterocycles. The smallest absolute Gasteiger partial charge is 0.297 e. The number of hydrogen-bond donors (Lipinski definition) is 1. The van der Waals surface area contributed by atoms with Gasteiger partial charge in [-0.25, -0.2) is 0 Å². The fourth-order valence-corrected chi connectivity index (χ4v) is 3.25. The van der Waals surface area contributed by atoms with Gasteiger partial charge >= 0.3 is 0 Å². The zero-order valence-corrected chi connectivity index (χ0v) is 17.5. The Morgan fingerprint density at radius 1 is 1.07 bits per heavy atom. The second-order valence-electron chi connectivity index (χ2n) is 6.99. The lowest BCUT2D eigenvalue weighted by Gasteiger charge is -2.18. The standard InChI is InChI=1S/C22H32N2O4/c1-5-7-9-10-13-24-19-15-17(23-16(3)25)11-12-18(19)20(27-4)21(22(24)26)28-14-8-6-2/h11-12,15H,5-10,13-14H2,1-4H3,(H,23,25). The minimum absolute atomic E-state index is 0.150. The summed E-state index contributed by atoms with van der Waals surface area (Å²) in [6.45, 7) is 6.79. The number of nitrogens with zero attached hydrogens (tertiary/aromatic N) is 1. The van der Waals surface area contributed by atoms with Gasteiger partial charge in [-0.2, -0.15) is 0 Å². The molecule has 0 aliphatic carbocycles. The van der Waals surface area contributed by atoms with E-state index in [1.807, 2.05) is 18.2 Å². The number of hydrogen-bond acceptors (Lipinski definition) is 4. The summed E-state index contributed by atoms with van der Waals surface area (Å²) >= 11 is 0. The van der Waals surface area contributed by atoms with Crippen LogP contribution in [0.4, 0.5) is 5.69 Å². The summed E-state index contributed by atoms with van der Waals surface area (Å²) in [7, 11) is 1.55. The maximum Gasteiger partial charge on any atom is 0.297 e. The zero-order chi connectivity index (χ0) is 20.5. The van der Waals surface area contributed by atoms with Crippen molar-refractivity contribution in [1.29, 1.82) is 0 Å². The van der Waals surface area contributed by atoms with E-state index in [2.05, 4.69) is 19.2 Å². The summed E-state index contributed by atoms with van der Waals surface area (Å²) < 4.78 is 13.2. The average Bonchev–Trinajstić information content (AvgIpc) is 2.67. The number of nitrogens with one attached hydrogen (secondary N) is 1. The molecule has 6 nitrogen and oxygen atoms in total. The van der Waals surface area contributed by atoms with E-state index in [-0.39, 0.29) is 17.2 Å². The molecule has 2 rings (SSSR count). The Kier molecular flexibility index (Phi) is 8.36. The predicted octanol–water partition coefficient (Wildman–Crippen LogP) is 4.73. The van der Waals surface area contributed by atoms with E-state index in [0.29, 0.717) is 24.6 Å². The second kappa shape index (κ2) is 10.7. The van der Waals surface area contributed by atoms with Gasteiger partial charge in [0.15, 0.2) is 5.75 Å². The lowest BCUT2D eigenvalue weighted by Crippen LogP contribution is -2.24. The van der Waals surface area contributed by atoms with Gasteiger partial charge in [0.1, 0.15) is 0 Å². The van der Waals surface area contributed by atoms with Gasteiger partial charge in [-0.3, -0.25) is 9.59 Å². The summed E-state index contributed by atoms with van der Waals surface area (Å²) in [5.74, 6) is 0.573. The number of rotatable bonds is 11. The highest BCUT2D eigenvalue weighted by molar-refractivity contribution is 5.94. The van der Waals surface area contributed by atoms with E-state index in [0.717, 1.165) is 49.4 Å². The summed E-state index contributed by atoms with van der Waals surface area (Å²) in [6, 6.07) is 5.51. The summed E-state index contributed by atoms with van der Waals surface area (Å²) in [5.41, 5.74) is 1.22. The van der Waals surface area contributed by atoms with Crippen LogP contribution in [0.25, 0.3) is 10.9 Å². The summed E-state index contributed by atoms with van der Waals surface area (Å²) in [4.78, 5) is 24.7. The van der Waals surface area contributed by atoms with E-state index in [4.69, 9.17) is 9.47 Å². The van der Waals surface area contributed by atoms with Crippen molar-refractivity contribution < 1.29 is 14.3 Å². The van der Waals surface area contributed by atoms with Crippen LogP contribution in [0.1, 0.15) is 59.3 Å². The highest BCUT2D eigenvalue weighted by Gasteiger charge is 2.19. The van der Waals surface area contributed by atoms with Gasteiger partial charge in [-0.15, -0.1) is 0 Å². The van der Waals surface area contributed by atoms with Crippen LogP contribution in [0, 0.1) is 0 Å². The number of aryl methyl sites for hydroxylation is 1. The number of carbonyl (C=O) groups excluding carboxylic acids is 1. The number of benzene rings is 1. The highest BCUT2D eigenvalue weighted by Crippen LogP contribution is 2.34. The zero-order valence-electron chi connectivity index (χ0n) is 17.5. The van der Waals surface area contributed by atoms with Crippen LogP contribution in [-0.2, 0) is 11.3 Å². The number of amides is 1. The number of methoxy groups -OCH3 is 1. The first-order valence-electron chi connectivity index (χ1n) is 10.2. The molecule has 1 amide bonds. The highest BCUT2D eigenvalue weighted by atomic mass is 16.5. The van der Waals surface area contributed by atoms with Crippen molar-refractivity contribution >= 4 is 22.5 Å². The normalized spacial score (nSPS) is 10.9. The quantitative estimate of drug-likeness (QED) is 0.565. The Balaban J connectivity index is 2.57. The van der Waals surface area contributed by atoms with Gasteiger partial charge in [0, 0.05) is 24.5 Å². The second-order valence-corrected chi connectivity index (χ2v) is 6.99. The molecule has 0 atom stereocenters. The molecular formula is C22H32N2O4. The fraction of sp³-hybridized carbons (Fsp3) is 0.545. The van der Waals surface area contributed by atoms with Crippen molar-refractivity contribution in [3.8, 4) is 11.5 Å². The number of fused-ring (bicyclic) bond motifs is 1. The van der Waals surface area contributed by atoms with Gasteiger partial charge in [0.05, 0.1) is 19.2 Å². The maximum atomic E-state index is 13.2. The van der Waals surface area contributed by atoms with Gasteiger partial charge in [-0.1, -0.05) is 39.5 Å². The first kappa shape index (κ1) is 21.8. The van der Waals surface area contributed by atoms with Crippen molar-refractivity contribution in [3.05, 3.63) is 28.6 Å². The van der Waals surface area contributed by atoms with E-state index in [9.17, 15) is 9.59 Å². The molecule has 0 radical (unpaired) electrons. The molecule has 0 aliphatic heterocycles. The first-order chi connectivity index (χ1) is 13.5. The van der Waals surface area contributed by atoms with Crippen molar-refractivity contribution in [2.45, 2.75) is 65.8 Å². The number of carbonyl (C=O) groups is 1. The summed E-state index contributed by atoms with van der Waals surface area (Å²) in [6.07, 6.45) is 6.11. The number of unbranched alkanes of at least 4 members (excludes halogenated alkanes) is 4. The molecule has 2 aromatic rings. The van der Waals surface area contributed by atoms with Crippen LogP contribution in [-0.4, -0.2) is 24.2 Å². The Morgan fingerprint density at radius 2 is 1.82 bits per heavy atom. The molecule has 0 unspecified atom stereocenters. The number of anilines is 1. The van der Waals surface area contributed by atoms with E-state index < -0.39 is 0 Å². The van der Waals surface area contributed by atoms with Gasteiger partial charge in [-0.05, 0) is 31.0 Å². The SMILES string of the molecule is CCCCCCn1c(=O)c(OCCCC)c(OC)c2ccc(NC(C)=O)cc21. The van der Waals surface area contributed by atoms with Crippen molar-refractivity contribution in [2.75, 3.05) is 19.0 Å².